The third-order valence-electron chi connectivity index (χ3n) is 4.91. The number of thiazole rings is 1. The highest BCUT2D eigenvalue weighted by Gasteiger charge is 2.24. The number of nitrogens with zero attached hydrogens (tertiary/aromatic N) is 3. The molecule has 2 aromatic carbocycles. The molecule has 2 heterocycles. The lowest BCUT2D eigenvalue weighted by molar-refractivity contribution is 0.0961. The fraction of sp³-hybridized carbons (Fsp3) is 0.304. The number of para-hydroxylation sites is 1. The first-order valence-corrected chi connectivity index (χ1v) is 10.6. The van der Waals surface area contributed by atoms with Crippen LogP contribution in [0.5, 0.6) is 0 Å². The number of hydrogen-bond donors (Lipinski definition) is 0. The summed E-state index contributed by atoms with van der Waals surface area (Å²) in [5.41, 5.74) is 4.03. The maximum atomic E-state index is 13.4. The Morgan fingerprint density at radius 2 is 1.90 bits per heavy atom. The molecule has 6 heteroatoms. The number of furan rings is 1. The maximum absolute atomic E-state index is 13.4. The fourth-order valence-corrected chi connectivity index (χ4v) is 4.57. The summed E-state index contributed by atoms with van der Waals surface area (Å²) < 4.78 is 6.98. The van der Waals surface area contributed by atoms with Crippen molar-refractivity contribution in [3.63, 3.8) is 0 Å². The van der Waals surface area contributed by atoms with Crippen LogP contribution in [0.15, 0.2) is 46.9 Å². The van der Waals surface area contributed by atoms with E-state index in [0.29, 0.717) is 12.3 Å². The van der Waals surface area contributed by atoms with Crippen LogP contribution in [0.3, 0.4) is 0 Å². The zero-order valence-electron chi connectivity index (χ0n) is 17.2. The number of carbonyl (C=O) groups is 1. The third kappa shape index (κ3) is 4.04. The van der Waals surface area contributed by atoms with Crippen LogP contribution < -0.4 is 4.90 Å². The van der Waals surface area contributed by atoms with Crippen LogP contribution in [0.2, 0.25) is 0 Å². The molecule has 0 atom stereocenters. The van der Waals surface area contributed by atoms with Gasteiger partial charge in [0.25, 0.3) is 5.91 Å². The summed E-state index contributed by atoms with van der Waals surface area (Å²) >= 11 is 1.57. The molecule has 0 fully saturated rings. The number of anilines is 1. The Kier molecular flexibility index (Phi) is 5.39. The first kappa shape index (κ1) is 19.6. The number of hydrogen-bond acceptors (Lipinski definition) is 5. The second-order valence-corrected chi connectivity index (χ2v) is 8.67. The van der Waals surface area contributed by atoms with E-state index in [-0.39, 0.29) is 5.91 Å². The number of fused-ring (bicyclic) bond motifs is 2. The molecule has 0 bridgehead atoms. The normalized spacial score (nSPS) is 11.6. The van der Waals surface area contributed by atoms with Gasteiger partial charge in [0.05, 0.1) is 10.2 Å². The van der Waals surface area contributed by atoms with Crippen molar-refractivity contribution in [2.24, 2.45) is 0 Å². The molecule has 0 saturated heterocycles. The predicted molar refractivity (Wildman–Crippen MR) is 120 cm³/mol. The van der Waals surface area contributed by atoms with E-state index < -0.39 is 0 Å². The van der Waals surface area contributed by atoms with Crippen LogP contribution in [0.25, 0.3) is 21.2 Å². The van der Waals surface area contributed by atoms with Gasteiger partial charge in [0, 0.05) is 11.9 Å². The minimum Gasteiger partial charge on any atom is -0.451 e. The molecule has 0 aliphatic rings. The van der Waals surface area contributed by atoms with Crippen molar-refractivity contribution in [1.82, 2.24) is 9.88 Å². The largest absolute Gasteiger partial charge is 0.451 e. The molecule has 4 rings (SSSR count). The Morgan fingerprint density at radius 3 is 2.66 bits per heavy atom. The van der Waals surface area contributed by atoms with Crippen molar-refractivity contribution in [3.8, 4) is 0 Å². The zero-order chi connectivity index (χ0) is 20.5. The third-order valence-corrected chi connectivity index (χ3v) is 6.14. The molecule has 0 N–H and O–H groups in total. The van der Waals surface area contributed by atoms with Crippen molar-refractivity contribution >= 4 is 43.6 Å². The van der Waals surface area contributed by atoms with E-state index >= 15 is 0 Å². The Labute approximate surface area is 174 Å². The Bertz CT molecular complexity index is 1140. The van der Waals surface area contributed by atoms with Crippen molar-refractivity contribution < 1.29 is 9.21 Å². The van der Waals surface area contributed by atoms with Crippen molar-refractivity contribution in [2.75, 3.05) is 32.1 Å². The first-order chi connectivity index (χ1) is 13.9. The van der Waals surface area contributed by atoms with Crippen molar-refractivity contribution in [2.45, 2.75) is 20.3 Å². The number of rotatable bonds is 6. The number of benzene rings is 2. The molecule has 0 saturated carbocycles. The Balaban J connectivity index is 1.72. The molecule has 0 radical (unpaired) electrons. The molecule has 0 unspecified atom stereocenters. The predicted octanol–water partition coefficient (Wildman–Crippen LogP) is 5.26. The van der Waals surface area contributed by atoms with Gasteiger partial charge in [0.1, 0.15) is 5.58 Å². The van der Waals surface area contributed by atoms with Gasteiger partial charge < -0.3 is 9.32 Å². The highest BCUT2D eigenvalue weighted by Crippen LogP contribution is 2.33. The minimum absolute atomic E-state index is 0.145. The summed E-state index contributed by atoms with van der Waals surface area (Å²) in [7, 11) is 4.07. The second kappa shape index (κ2) is 7.97. The summed E-state index contributed by atoms with van der Waals surface area (Å²) in [6.07, 6.45) is 0.854. The van der Waals surface area contributed by atoms with E-state index in [4.69, 9.17) is 9.40 Å². The van der Waals surface area contributed by atoms with Crippen molar-refractivity contribution in [3.05, 3.63) is 59.4 Å². The van der Waals surface area contributed by atoms with E-state index in [9.17, 15) is 4.79 Å². The smallest absolute Gasteiger partial charge is 0.295 e. The highest BCUT2D eigenvalue weighted by atomic mass is 32.1. The minimum atomic E-state index is -0.145. The van der Waals surface area contributed by atoms with Gasteiger partial charge in [0.15, 0.2) is 10.9 Å². The van der Waals surface area contributed by atoms with Crippen LogP contribution >= 0.6 is 11.3 Å². The molecule has 5 nitrogen and oxygen atoms in total. The molecule has 2 aromatic heterocycles. The molecular weight excluding hydrogens is 382 g/mol. The summed E-state index contributed by atoms with van der Waals surface area (Å²) in [6.45, 7) is 5.65. The van der Waals surface area contributed by atoms with Gasteiger partial charge in [-0.15, -0.1) is 0 Å². The molecular formula is C23H25N3O2S. The number of aryl methyl sites for hydroxylation is 2. The van der Waals surface area contributed by atoms with Gasteiger partial charge in [-0.1, -0.05) is 35.6 Å². The quantitative estimate of drug-likeness (QED) is 0.438. The highest BCUT2D eigenvalue weighted by molar-refractivity contribution is 7.22. The summed E-state index contributed by atoms with van der Waals surface area (Å²) in [5.74, 6) is 0.205. The van der Waals surface area contributed by atoms with E-state index in [0.717, 1.165) is 39.3 Å². The zero-order valence-corrected chi connectivity index (χ0v) is 18.0. The van der Waals surface area contributed by atoms with Gasteiger partial charge >= 0.3 is 0 Å². The average Bonchev–Trinajstić information content (AvgIpc) is 3.28. The lowest BCUT2D eigenvalue weighted by Crippen LogP contribution is -2.33. The van der Waals surface area contributed by atoms with E-state index in [2.05, 4.69) is 30.9 Å². The molecule has 29 heavy (non-hydrogen) atoms. The fourth-order valence-electron chi connectivity index (χ4n) is 3.53. The van der Waals surface area contributed by atoms with Crippen LogP contribution in [0.1, 0.15) is 28.1 Å². The molecule has 0 aliphatic carbocycles. The van der Waals surface area contributed by atoms with Crippen LogP contribution in [0, 0.1) is 13.8 Å². The SMILES string of the molecule is Cc1cc(C)c2sc(N(CCCN(C)C)C(=O)c3cc4ccccc4o3)nc2c1. The average molecular weight is 408 g/mol. The van der Waals surface area contributed by atoms with E-state index in [1.165, 1.54) is 11.1 Å². The van der Waals surface area contributed by atoms with Gasteiger partial charge in [0.2, 0.25) is 0 Å². The number of carbonyl (C=O) groups excluding carboxylic acids is 1. The monoisotopic (exact) mass is 407 g/mol. The van der Waals surface area contributed by atoms with Gasteiger partial charge in [-0.25, -0.2) is 4.98 Å². The summed E-state index contributed by atoms with van der Waals surface area (Å²) in [5, 5.41) is 1.65. The second-order valence-electron chi connectivity index (χ2n) is 7.69. The first-order valence-electron chi connectivity index (χ1n) is 9.75. The van der Waals surface area contributed by atoms with Gasteiger partial charge in [-0.2, -0.15) is 0 Å². The number of aromatic nitrogens is 1. The van der Waals surface area contributed by atoms with Crippen molar-refractivity contribution in [1.29, 1.82) is 0 Å². The van der Waals surface area contributed by atoms with Gasteiger partial charge in [-0.05, 0) is 70.2 Å². The summed E-state index contributed by atoms with van der Waals surface area (Å²) in [4.78, 5) is 22.1. The Hall–Kier alpha value is -2.70. The topological polar surface area (TPSA) is 49.6 Å². The Morgan fingerprint density at radius 1 is 1.10 bits per heavy atom. The molecule has 1 amide bonds. The van der Waals surface area contributed by atoms with Crippen LogP contribution in [0.4, 0.5) is 5.13 Å². The van der Waals surface area contributed by atoms with E-state index in [1.807, 2.05) is 44.4 Å². The number of amides is 1. The van der Waals surface area contributed by atoms with E-state index in [1.54, 1.807) is 16.2 Å². The summed E-state index contributed by atoms with van der Waals surface area (Å²) in [6, 6.07) is 13.7. The maximum Gasteiger partial charge on any atom is 0.295 e. The standard InChI is InChI=1S/C23H25N3O2S/c1-15-12-16(2)21-18(13-15)24-23(29-21)26(11-7-10-25(3)4)22(27)20-14-17-8-5-6-9-19(17)28-20/h5-6,8-9,12-14H,7,10-11H2,1-4H3. The van der Waals surface area contributed by atoms with Crippen LogP contribution in [-0.4, -0.2) is 43.0 Å². The molecule has 0 aliphatic heterocycles. The van der Waals surface area contributed by atoms with Gasteiger partial charge in [-0.3, -0.25) is 9.69 Å². The molecule has 150 valence electrons. The molecule has 4 aromatic rings. The lowest BCUT2D eigenvalue weighted by atomic mass is 10.1. The molecule has 0 spiro atoms. The van der Waals surface area contributed by atoms with Crippen LogP contribution in [-0.2, 0) is 0 Å². The lowest BCUT2D eigenvalue weighted by Gasteiger charge is -2.19.